The van der Waals surface area contributed by atoms with Crippen molar-refractivity contribution in [3.8, 4) is 17.2 Å². The highest BCUT2D eigenvalue weighted by atomic mass is 16.5. The molecule has 0 bridgehead atoms. The monoisotopic (exact) mass is 477 g/mol. The Morgan fingerprint density at radius 2 is 1.69 bits per heavy atom. The summed E-state index contributed by atoms with van der Waals surface area (Å²) in [7, 11) is 1.55. The number of ether oxygens (including phenoxy) is 3. The Kier molecular flexibility index (Phi) is 10.5. The van der Waals surface area contributed by atoms with Crippen LogP contribution in [0.1, 0.15) is 53.2 Å². The Labute approximate surface area is 207 Å². The molecule has 0 aromatic heterocycles. The zero-order valence-corrected chi connectivity index (χ0v) is 20.6. The van der Waals surface area contributed by atoms with Crippen LogP contribution in [0.15, 0.2) is 66.7 Å². The second-order valence-electron chi connectivity index (χ2n) is 8.26. The van der Waals surface area contributed by atoms with E-state index in [1.54, 1.807) is 19.2 Å². The maximum atomic E-state index is 12.9. The molecule has 0 aliphatic rings. The summed E-state index contributed by atoms with van der Waals surface area (Å²) in [5.41, 5.74) is 3.05. The second kappa shape index (κ2) is 14.0. The molecule has 0 aliphatic carbocycles. The predicted molar refractivity (Wildman–Crippen MR) is 137 cm³/mol. The van der Waals surface area contributed by atoms with Crippen LogP contribution in [0.4, 0.5) is 0 Å². The first kappa shape index (κ1) is 26.1. The van der Waals surface area contributed by atoms with Gasteiger partial charge in [-0.05, 0) is 48.2 Å². The van der Waals surface area contributed by atoms with Crippen LogP contribution in [0.25, 0.3) is 0 Å². The van der Waals surface area contributed by atoms with Crippen molar-refractivity contribution in [1.82, 2.24) is 5.32 Å². The molecular weight excluding hydrogens is 442 g/mol. The number of carbonyl (C=O) groups excluding carboxylic acids is 1. The molecule has 0 saturated heterocycles. The number of aliphatic hydroxyl groups is 1. The Balaban J connectivity index is 1.55. The molecule has 0 atom stereocenters. The maximum absolute atomic E-state index is 12.9. The molecule has 1 amide bonds. The minimum Gasteiger partial charge on any atom is -0.493 e. The van der Waals surface area contributed by atoms with Crippen LogP contribution in [0.5, 0.6) is 17.2 Å². The van der Waals surface area contributed by atoms with Gasteiger partial charge in [0, 0.05) is 17.7 Å². The summed E-state index contributed by atoms with van der Waals surface area (Å²) in [6, 6.07) is 21.3. The van der Waals surface area contributed by atoms with Crippen molar-refractivity contribution in [3.63, 3.8) is 0 Å². The van der Waals surface area contributed by atoms with Crippen molar-refractivity contribution >= 4 is 5.91 Å². The van der Waals surface area contributed by atoms with E-state index in [0.717, 1.165) is 36.1 Å². The molecular formula is C29H35NO5. The third-order valence-electron chi connectivity index (χ3n) is 5.71. The van der Waals surface area contributed by atoms with Gasteiger partial charge in [-0.3, -0.25) is 4.79 Å². The Bertz CT molecular complexity index is 1050. The first-order valence-corrected chi connectivity index (χ1v) is 12.1. The summed E-state index contributed by atoms with van der Waals surface area (Å²) in [5.74, 6) is 1.50. The van der Waals surface area contributed by atoms with Crippen molar-refractivity contribution in [2.45, 2.75) is 45.8 Å². The van der Waals surface area contributed by atoms with Crippen molar-refractivity contribution in [2.24, 2.45) is 0 Å². The highest BCUT2D eigenvalue weighted by Crippen LogP contribution is 2.34. The van der Waals surface area contributed by atoms with Gasteiger partial charge in [0.2, 0.25) is 0 Å². The number of aliphatic hydroxyl groups excluding tert-OH is 1. The fourth-order valence-corrected chi connectivity index (χ4v) is 3.73. The third kappa shape index (κ3) is 7.76. The number of hydrogen-bond donors (Lipinski definition) is 2. The van der Waals surface area contributed by atoms with E-state index < -0.39 is 0 Å². The molecule has 0 saturated carbocycles. The number of rotatable bonds is 14. The molecule has 186 valence electrons. The Morgan fingerprint density at radius 3 is 2.37 bits per heavy atom. The number of amides is 1. The van der Waals surface area contributed by atoms with Crippen molar-refractivity contribution in [1.29, 1.82) is 0 Å². The Hall–Kier alpha value is -3.51. The number of hydrogen-bond acceptors (Lipinski definition) is 5. The molecule has 0 radical (unpaired) electrons. The van der Waals surface area contributed by atoms with Gasteiger partial charge in [0.25, 0.3) is 5.91 Å². The van der Waals surface area contributed by atoms with E-state index in [4.69, 9.17) is 14.2 Å². The van der Waals surface area contributed by atoms with E-state index >= 15 is 0 Å². The molecule has 0 heterocycles. The molecule has 2 N–H and O–H groups in total. The molecule has 0 spiro atoms. The first-order chi connectivity index (χ1) is 17.2. The number of unbranched alkanes of at least 4 members (excludes halogenated alkanes) is 2. The zero-order valence-electron chi connectivity index (χ0n) is 20.6. The summed E-state index contributed by atoms with van der Waals surface area (Å²) in [6.45, 7) is 3.31. The topological polar surface area (TPSA) is 77.0 Å². The molecule has 3 rings (SSSR count). The summed E-state index contributed by atoms with van der Waals surface area (Å²) in [5, 5.41) is 12.9. The van der Waals surface area contributed by atoms with Gasteiger partial charge in [-0.1, -0.05) is 62.2 Å². The van der Waals surface area contributed by atoms with E-state index in [1.807, 2.05) is 54.6 Å². The first-order valence-electron chi connectivity index (χ1n) is 12.1. The van der Waals surface area contributed by atoms with Gasteiger partial charge >= 0.3 is 0 Å². The van der Waals surface area contributed by atoms with Crippen LogP contribution in [-0.4, -0.2) is 31.3 Å². The van der Waals surface area contributed by atoms with Crippen molar-refractivity contribution in [2.75, 3.05) is 20.3 Å². The smallest absolute Gasteiger partial charge is 0.251 e. The Morgan fingerprint density at radius 1 is 0.914 bits per heavy atom. The standard InChI is InChI=1S/C29H35NO5/c1-3-4-8-19-34-28-26(20-31)25(15-16-27(28)33-2)29(32)30-18-17-22-11-13-24(14-12-22)35-21-23-9-6-5-7-10-23/h5-7,9-16,31H,3-4,8,17-21H2,1-2H3,(H,30,32). The highest BCUT2D eigenvalue weighted by molar-refractivity contribution is 5.96. The molecule has 3 aromatic carbocycles. The summed E-state index contributed by atoms with van der Waals surface area (Å²) >= 11 is 0. The SMILES string of the molecule is CCCCCOc1c(OC)ccc(C(=O)NCCc2ccc(OCc3ccccc3)cc2)c1CO. The number of nitrogens with one attached hydrogen (secondary N) is 1. The van der Waals surface area contributed by atoms with E-state index in [2.05, 4.69) is 12.2 Å². The predicted octanol–water partition coefficient (Wildman–Crippen LogP) is 5.31. The van der Waals surface area contributed by atoms with Gasteiger partial charge in [-0.25, -0.2) is 0 Å². The van der Waals surface area contributed by atoms with Gasteiger partial charge in [0.15, 0.2) is 11.5 Å². The number of carbonyl (C=O) groups is 1. The van der Waals surface area contributed by atoms with Crippen LogP contribution < -0.4 is 19.5 Å². The van der Waals surface area contributed by atoms with Crippen molar-refractivity contribution < 1.29 is 24.1 Å². The molecule has 6 heteroatoms. The third-order valence-corrected chi connectivity index (χ3v) is 5.71. The summed E-state index contributed by atoms with van der Waals surface area (Å²) in [4.78, 5) is 12.9. The lowest BCUT2D eigenvalue weighted by atomic mass is 10.0. The van der Waals surface area contributed by atoms with Gasteiger partial charge in [-0.2, -0.15) is 0 Å². The molecule has 0 aliphatic heterocycles. The molecule has 0 unspecified atom stereocenters. The van der Waals surface area contributed by atoms with E-state index in [1.165, 1.54) is 0 Å². The molecule has 0 fully saturated rings. The fraction of sp³-hybridized carbons (Fsp3) is 0.345. The van der Waals surface area contributed by atoms with Crippen LogP contribution in [-0.2, 0) is 19.6 Å². The number of methoxy groups -OCH3 is 1. The maximum Gasteiger partial charge on any atom is 0.251 e. The second-order valence-corrected chi connectivity index (χ2v) is 8.26. The molecule has 6 nitrogen and oxygen atoms in total. The molecule has 35 heavy (non-hydrogen) atoms. The van der Waals surface area contributed by atoms with Crippen LogP contribution in [0.3, 0.4) is 0 Å². The quantitative estimate of drug-likeness (QED) is 0.308. The minimum atomic E-state index is -0.312. The van der Waals surface area contributed by atoms with Crippen LogP contribution >= 0.6 is 0 Å². The van der Waals surface area contributed by atoms with Crippen LogP contribution in [0, 0.1) is 0 Å². The molecule has 3 aromatic rings. The van der Waals surface area contributed by atoms with Crippen LogP contribution in [0.2, 0.25) is 0 Å². The van der Waals surface area contributed by atoms with E-state index in [-0.39, 0.29) is 12.5 Å². The summed E-state index contributed by atoms with van der Waals surface area (Å²) < 4.78 is 17.1. The average Bonchev–Trinajstić information content (AvgIpc) is 2.90. The summed E-state index contributed by atoms with van der Waals surface area (Å²) in [6.07, 6.45) is 3.71. The lowest BCUT2D eigenvalue weighted by Crippen LogP contribution is -2.27. The lowest BCUT2D eigenvalue weighted by Gasteiger charge is -2.17. The fourth-order valence-electron chi connectivity index (χ4n) is 3.73. The van der Waals surface area contributed by atoms with E-state index in [9.17, 15) is 9.90 Å². The van der Waals surface area contributed by atoms with Gasteiger partial charge in [-0.15, -0.1) is 0 Å². The largest absolute Gasteiger partial charge is 0.493 e. The number of benzene rings is 3. The average molecular weight is 478 g/mol. The van der Waals surface area contributed by atoms with Gasteiger partial charge in [0.05, 0.1) is 20.3 Å². The van der Waals surface area contributed by atoms with Gasteiger partial charge < -0.3 is 24.6 Å². The van der Waals surface area contributed by atoms with Gasteiger partial charge in [0.1, 0.15) is 12.4 Å². The highest BCUT2D eigenvalue weighted by Gasteiger charge is 2.19. The van der Waals surface area contributed by atoms with Crippen molar-refractivity contribution in [3.05, 3.63) is 89.0 Å². The minimum absolute atomic E-state index is 0.252. The zero-order chi connectivity index (χ0) is 24.9. The lowest BCUT2D eigenvalue weighted by molar-refractivity contribution is 0.0950. The normalized spacial score (nSPS) is 10.6. The van der Waals surface area contributed by atoms with E-state index in [0.29, 0.717) is 48.8 Å².